The van der Waals surface area contributed by atoms with Gasteiger partial charge in [-0.25, -0.2) is 9.69 Å². The van der Waals surface area contributed by atoms with E-state index in [1.807, 2.05) is 26.0 Å². The molecule has 1 aliphatic rings. The third kappa shape index (κ3) is 1.91. The van der Waals surface area contributed by atoms with Crippen LogP contribution in [-0.4, -0.2) is 18.0 Å². The molecule has 16 heavy (non-hydrogen) atoms. The highest BCUT2D eigenvalue weighted by Gasteiger charge is 2.30. The van der Waals surface area contributed by atoms with E-state index in [1.54, 1.807) is 12.1 Å². The van der Waals surface area contributed by atoms with Crippen LogP contribution in [0.3, 0.4) is 0 Å². The fraction of sp³-hybridized carbons (Fsp3) is 0.333. The summed E-state index contributed by atoms with van der Waals surface area (Å²) in [6.07, 6.45) is 0.347. The molecule has 1 atom stereocenters. The summed E-state index contributed by atoms with van der Waals surface area (Å²) in [6.45, 7) is 3.78. The number of nitrogens with one attached hydrogen (secondary N) is 1. The minimum atomic E-state index is -0.340. The van der Waals surface area contributed by atoms with E-state index in [4.69, 9.17) is 0 Å². The summed E-state index contributed by atoms with van der Waals surface area (Å²) in [7, 11) is 0. The number of nitrogens with zero attached hydrogens (tertiary/aromatic N) is 1. The molecule has 0 bridgehead atoms. The predicted octanol–water partition coefficient (Wildman–Crippen LogP) is 1.83. The van der Waals surface area contributed by atoms with E-state index < -0.39 is 0 Å². The van der Waals surface area contributed by atoms with E-state index in [0.717, 1.165) is 5.56 Å². The molecule has 1 unspecified atom stereocenters. The number of amides is 3. The van der Waals surface area contributed by atoms with Crippen molar-refractivity contribution in [3.8, 4) is 0 Å². The maximum Gasteiger partial charge on any atom is 0.328 e. The van der Waals surface area contributed by atoms with Crippen LogP contribution in [0.5, 0.6) is 0 Å². The summed E-state index contributed by atoms with van der Waals surface area (Å²) in [5, 5.41) is 2.74. The Balaban J connectivity index is 2.29. The molecular formula is C12H14N2O2. The Labute approximate surface area is 94.2 Å². The quantitative estimate of drug-likeness (QED) is 0.781. The molecule has 1 fully saturated rings. The molecule has 84 valence electrons. The standard InChI is InChI=1S/C12H14N2O2/c1-8-3-5-10(6-4-8)14-11(15)7-9(2)13-12(14)16/h3-6,9H,7H2,1-2H3,(H,13,16). The number of hydrogen-bond donors (Lipinski definition) is 1. The lowest BCUT2D eigenvalue weighted by molar-refractivity contribution is -0.118. The van der Waals surface area contributed by atoms with Crippen molar-refractivity contribution in [1.82, 2.24) is 5.32 Å². The van der Waals surface area contributed by atoms with Gasteiger partial charge in [-0.3, -0.25) is 4.79 Å². The van der Waals surface area contributed by atoms with Crippen LogP contribution in [0.25, 0.3) is 0 Å². The number of rotatable bonds is 1. The molecule has 0 saturated carbocycles. The second-order valence-corrected chi connectivity index (χ2v) is 4.12. The summed E-state index contributed by atoms with van der Waals surface area (Å²) in [6, 6.07) is 6.90. The summed E-state index contributed by atoms with van der Waals surface area (Å²) in [5.41, 5.74) is 1.72. The van der Waals surface area contributed by atoms with Gasteiger partial charge in [0.25, 0.3) is 0 Å². The van der Waals surface area contributed by atoms with Crippen LogP contribution in [0.2, 0.25) is 0 Å². The average Bonchev–Trinajstić information content (AvgIpc) is 2.19. The molecule has 0 aliphatic carbocycles. The van der Waals surface area contributed by atoms with Gasteiger partial charge in [0, 0.05) is 12.5 Å². The summed E-state index contributed by atoms with van der Waals surface area (Å²) < 4.78 is 0. The number of anilines is 1. The predicted molar refractivity (Wildman–Crippen MR) is 61.3 cm³/mol. The molecule has 0 radical (unpaired) electrons. The van der Waals surface area contributed by atoms with Crippen molar-refractivity contribution in [3.05, 3.63) is 29.8 Å². The second-order valence-electron chi connectivity index (χ2n) is 4.12. The molecule has 1 aromatic carbocycles. The summed E-state index contributed by atoms with van der Waals surface area (Å²) >= 11 is 0. The number of urea groups is 1. The number of benzene rings is 1. The molecule has 3 amide bonds. The smallest absolute Gasteiger partial charge is 0.328 e. The van der Waals surface area contributed by atoms with Crippen molar-refractivity contribution in [2.75, 3.05) is 4.90 Å². The Morgan fingerprint density at radius 2 is 1.88 bits per heavy atom. The fourth-order valence-corrected chi connectivity index (χ4v) is 1.75. The maximum atomic E-state index is 11.8. The van der Waals surface area contributed by atoms with Gasteiger partial charge in [-0.15, -0.1) is 0 Å². The van der Waals surface area contributed by atoms with Gasteiger partial charge in [0.1, 0.15) is 0 Å². The molecule has 0 spiro atoms. The van der Waals surface area contributed by atoms with Crippen molar-refractivity contribution in [2.45, 2.75) is 26.3 Å². The van der Waals surface area contributed by atoms with Gasteiger partial charge in [-0.05, 0) is 26.0 Å². The third-order valence-corrected chi connectivity index (χ3v) is 2.60. The van der Waals surface area contributed by atoms with Crippen molar-refractivity contribution in [1.29, 1.82) is 0 Å². The van der Waals surface area contributed by atoms with Crippen molar-refractivity contribution in [2.24, 2.45) is 0 Å². The van der Waals surface area contributed by atoms with Gasteiger partial charge in [0.15, 0.2) is 0 Å². The highest BCUT2D eigenvalue weighted by atomic mass is 16.2. The van der Waals surface area contributed by atoms with E-state index in [2.05, 4.69) is 5.32 Å². The molecule has 4 heteroatoms. The monoisotopic (exact) mass is 218 g/mol. The minimum absolute atomic E-state index is 0.0818. The lowest BCUT2D eigenvalue weighted by atomic mass is 10.1. The Morgan fingerprint density at radius 3 is 2.44 bits per heavy atom. The van der Waals surface area contributed by atoms with Crippen LogP contribution in [0, 0.1) is 6.92 Å². The first kappa shape index (κ1) is 10.7. The molecule has 1 aromatic rings. The van der Waals surface area contributed by atoms with E-state index in [9.17, 15) is 9.59 Å². The summed E-state index contributed by atoms with van der Waals surface area (Å²) in [4.78, 5) is 24.7. The number of aryl methyl sites for hydroxylation is 1. The van der Waals surface area contributed by atoms with Gasteiger partial charge in [-0.1, -0.05) is 17.7 Å². The largest absolute Gasteiger partial charge is 0.334 e. The molecule has 4 nitrogen and oxygen atoms in total. The van der Waals surface area contributed by atoms with E-state index in [0.29, 0.717) is 12.1 Å². The summed E-state index contributed by atoms with van der Waals surface area (Å²) in [5.74, 6) is -0.153. The Hall–Kier alpha value is -1.84. The lowest BCUT2D eigenvalue weighted by Crippen LogP contribution is -2.54. The van der Waals surface area contributed by atoms with Gasteiger partial charge < -0.3 is 5.32 Å². The highest BCUT2D eigenvalue weighted by Crippen LogP contribution is 2.19. The van der Waals surface area contributed by atoms with Crippen LogP contribution in [0.1, 0.15) is 18.9 Å². The van der Waals surface area contributed by atoms with Gasteiger partial charge >= 0.3 is 6.03 Å². The fourth-order valence-electron chi connectivity index (χ4n) is 1.75. The maximum absolute atomic E-state index is 11.8. The second kappa shape index (κ2) is 3.96. The molecule has 1 saturated heterocycles. The highest BCUT2D eigenvalue weighted by molar-refractivity contribution is 6.16. The zero-order valence-corrected chi connectivity index (χ0v) is 9.36. The first-order valence-electron chi connectivity index (χ1n) is 5.28. The van der Waals surface area contributed by atoms with Gasteiger partial charge in [0.05, 0.1) is 5.69 Å². The van der Waals surface area contributed by atoms with Crippen LogP contribution in [0.4, 0.5) is 10.5 Å². The van der Waals surface area contributed by atoms with Crippen LogP contribution >= 0.6 is 0 Å². The van der Waals surface area contributed by atoms with E-state index in [-0.39, 0.29) is 18.0 Å². The Kier molecular flexibility index (Phi) is 2.64. The molecule has 1 N–H and O–H groups in total. The molecule has 0 aromatic heterocycles. The molecule has 2 rings (SSSR count). The van der Waals surface area contributed by atoms with Crippen molar-refractivity contribution in [3.63, 3.8) is 0 Å². The topological polar surface area (TPSA) is 49.4 Å². The van der Waals surface area contributed by atoms with Crippen molar-refractivity contribution >= 4 is 17.6 Å². The van der Waals surface area contributed by atoms with Crippen LogP contribution < -0.4 is 10.2 Å². The third-order valence-electron chi connectivity index (χ3n) is 2.60. The first-order chi connectivity index (χ1) is 7.58. The molecule has 1 heterocycles. The zero-order chi connectivity index (χ0) is 11.7. The van der Waals surface area contributed by atoms with Crippen molar-refractivity contribution < 1.29 is 9.59 Å². The van der Waals surface area contributed by atoms with E-state index >= 15 is 0 Å². The van der Waals surface area contributed by atoms with Crippen LogP contribution in [0.15, 0.2) is 24.3 Å². The SMILES string of the molecule is Cc1ccc(N2C(=O)CC(C)NC2=O)cc1. The molecular weight excluding hydrogens is 204 g/mol. The number of hydrogen-bond acceptors (Lipinski definition) is 2. The Morgan fingerprint density at radius 1 is 1.25 bits per heavy atom. The molecule has 1 aliphatic heterocycles. The average molecular weight is 218 g/mol. The zero-order valence-electron chi connectivity index (χ0n) is 9.36. The minimum Gasteiger partial charge on any atom is -0.334 e. The van der Waals surface area contributed by atoms with Gasteiger partial charge in [-0.2, -0.15) is 0 Å². The number of carbonyl (C=O) groups excluding carboxylic acids is 2. The number of carbonyl (C=O) groups is 2. The normalized spacial score (nSPS) is 20.9. The first-order valence-corrected chi connectivity index (χ1v) is 5.28. The Bertz CT molecular complexity index is 407. The number of imide groups is 1. The van der Waals surface area contributed by atoms with Crippen LogP contribution in [-0.2, 0) is 4.79 Å². The lowest BCUT2D eigenvalue weighted by Gasteiger charge is -2.29. The van der Waals surface area contributed by atoms with E-state index in [1.165, 1.54) is 4.90 Å². The van der Waals surface area contributed by atoms with Gasteiger partial charge in [0.2, 0.25) is 5.91 Å².